The van der Waals surface area contributed by atoms with Crippen LogP contribution in [0.1, 0.15) is 5.56 Å². The summed E-state index contributed by atoms with van der Waals surface area (Å²) in [6.45, 7) is 0.270. The van der Waals surface area contributed by atoms with Gasteiger partial charge in [-0.25, -0.2) is 10.3 Å². The number of benzene rings is 1. The smallest absolute Gasteiger partial charge is 0.340 e. The van der Waals surface area contributed by atoms with Crippen molar-refractivity contribution in [2.45, 2.75) is 6.61 Å². The molecule has 1 N–H and O–H groups in total. The lowest BCUT2D eigenvalue weighted by molar-refractivity contribution is -0.140. The third kappa shape index (κ3) is 2.63. The van der Waals surface area contributed by atoms with E-state index in [4.69, 9.17) is 9.57 Å². The van der Waals surface area contributed by atoms with Crippen LogP contribution < -0.4 is 5.48 Å². The minimum atomic E-state index is -0.379. The van der Waals surface area contributed by atoms with Gasteiger partial charge in [0.05, 0.1) is 11.8 Å². The van der Waals surface area contributed by atoms with Gasteiger partial charge in [-0.1, -0.05) is 30.3 Å². The van der Waals surface area contributed by atoms with Crippen molar-refractivity contribution in [3.05, 3.63) is 60.0 Å². The van der Waals surface area contributed by atoms with Gasteiger partial charge >= 0.3 is 5.97 Å². The lowest BCUT2D eigenvalue weighted by Crippen LogP contribution is -2.14. The number of hydrogen-bond donors (Lipinski definition) is 1. The topological polar surface area (TPSA) is 47.6 Å². The van der Waals surface area contributed by atoms with E-state index in [9.17, 15) is 4.79 Å². The Labute approximate surface area is 93.1 Å². The van der Waals surface area contributed by atoms with Crippen LogP contribution in [0.25, 0.3) is 0 Å². The van der Waals surface area contributed by atoms with E-state index >= 15 is 0 Å². The molecule has 0 saturated heterocycles. The summed E-state index contributed by atoms with van der Waals surface area (Å²) < 4.78 is 5.11. The molecule has 4 heteroatoms. The SMILES string of the molecule is O=C(OCc1ccccc1)C1=CNOC=C1. The lowest BCUT2D eigenvalue weighted by atomic mass is 10.2. The van der Waals surface area contributed by atoms with Crippen molar-refractivity contribution in [3.8, 4) is 0 Å². The first-order chi connectivity index (χ1) is 7.86. The van der Waals surface area contributed by atoms with Crippen molar-refractivity contribution in [1.82, 2.24) is 5.48 Å². The first-order valence-electron chi connectivity index (χ1n) is 4.85. The van der Waals surface area contributed by atoms with Crippen LogP contribution >= 0.6 is 0 Å². The summed E-state index contributed by atoms with van der Waals surface area (Å²) in [4.78, 5) is 16.2. The Bertz CT molecular complexity index is 423. The third-order valence-corrected chi connectivity index (χ3v) is 2.05. The van der Waals surface area contributed by atoms with E-state index in [1.165, 1.54) is 12.5 Å². The molecule has 4 nitrogen and oxygen atoms in total. The van der Waals surface area contributed by atoms with Crippen molar-refractivity contribution in [3.63, 3.8) is 0 Å². The fraction of sp³-hybridized carbons (Fsp3) is 0.0833. The predicted molar refractivity (Wildman–Crippen MR) is 57.7 cm³/mol. The highest BCUT2D eigenvalue weighted by atomic mass is 16.6. The molecular formula is C12H11NO3. The molecule has 82 valence electrons. The molecule has 0 aromatic heterocycles. The van der Waals surface area contributed by atoms with Crippen LogP contribution in [-0.4, -0.2) is 5.97 Å². The van der Waals surface area contributed by atoms with E-state index in [1.54, 1.807) is 6.08 Å². The molecule has 0 amide bonds. The van der Waals surface area contributed by atoms with Crippen LogP contribution in [0.3, 0.4) is 0 Å². The van der Waals surface area contributed by atoms with E-state index in [0.717, 1.165) is 5.56 Å². The number of hydroxylamine groups is 1. The van der Waals surface area contributed by atoms with Crippen molar-refractivity contribution in [2.24, 2.45) is 0 Å². The standard InChI is InChI=1S/C12H11NO3/c14-12(11-6-7-16-13-8-11)15-9-10-4-2-1-3-5-10/h1-8,13H,9H2. The second kappa shape index (κ2) is 5.02. The molecule has 0 spiro atoms. The summed E-state index contributed by atoms with van der Waals surface area (Å²) in [6, 6.07) is 9.52. The average Bonchev–Trinajstić information content (AvgIpc) is 2.38. The normalized spacial score (nSPS) is 13.4. The summed E-state index contributed by atoms with van der Waals surface area (Å²) >= 11 is 0. The summed E-state index contributed by atoms with van der Waals surface area (Å²) in [5.41, 5.74) is 3.86. The summed E-state index contributed by atoms with van der Waals surface area (Å²) in [6.07, 6.45) is 4.39. The van der Waals surface area contributed by atoms with Gasteiger partial charge in [0.1, 0.15) is 12.9 Å². The lowest BCUT2D eigenvalue weighted by Gasteiger charge is -2.09. The molecule has 0 radical (unpaired) electrons. The van der Waals surface area contributed by atoms with Gasteiger partial charge in [0.2, 0.25) is 0 Å². The van der Waals surface area contributed by atoms with Crippen molar-refractivity contribution >= 4 is 5.97 Å². The first-order valence-corrected chi connectivity index (χ1v) is 4.85. The molecule has 0 unspecified atom stereocenters. The van der Waals surface area contributed by atoms with Crippen LogP contribution in [0.4, 0.5) is 0 Å². The number of ether oxygens (including phenoxy) is 1. The van der Waals surface area contributed by atoms with Crippen LogP contribution in [0, 0.1) is 0 Å². The first kappa shape index (κ1) is 10.3. The number of hydrogen-bond acceptors (Lipinski definition) is 4. The minimum absolute atomic E-state index is 0.270. The highest BCUT2D eigenvalue weighted by molar-refractivity contribution is 5.91. The highest BCUT2D eigenvalue weighted by Gasteiger charge is 2.10. The second-order valence-corrected chi connectivity index (χ2v) is 3.20. The maximum atomic E-state index is 11.5. The maximum absolute atomic E-state index is 11.5. The van der Waals surface area contributed by atoms with Gasteiger partial charge in [-0.3, -0.25) is 0 Å². The van der Waals surface area contributed by atoms with Crippen molar-refractivity contribution in [1.29, 1.82) is 0 Å². The highest BCUT2D eigenvalue weighted by Crippen LogP contribution is 2.06. The summed E-state index contributed by atoms with van der Waals surface area (Å²) in [5.74, 6) is -0.379. The zero-order chi connectivity index (χ0) is 11.2. The van der Waals surface area contributed by atoms with Crippen LogP contribution in [-0.2, 0) is 21.0 Å². The van der Waals surface area contributed by atoms with Crippen LogP contribution in [0.15, 0.2) is 54.4 Å². The van der Waals surface area contributed by atoms with Gasteiger partial charge in [-0.2, -0.15) is 0 Å². The van der Waals surface area contributed by atoms with E-state index in [2.05, 4.69) is 5.48 Å². The Hall–Kier alpha value is -2.23. The average molecular weight is 217 g/mol. The van der Waals surface area contributed by atoms with Gasteiger partial charge in [0.25, 0.3) is 0 Å². The summed E-state index contributed by atoms with van der Waals surface area (Å²) in [5, 5.41) is 0. The molecule has 0 atom stereocenters. The quantitative estimate of drug-likeness (QED) is 0.782. The number of carbonyl (C=O) groups excluding carboxylic acids is 1. The molecular weight excluding hydrogens is 206 g/mol. The van der Waals surface area contributed by atoms with Crippen LogP contribution in [0.5, 0.6) is 0 Å². The van der Waals surface area contributed by atoms with Gasteiger partial charge in [-0.05, 0) is 11.6 Å². The van der Waals surface area contributed by atoms with Crippen LogP contribution in [0.2, 0.25) is 0 Å². The molecule has 1 aromatic carbocycles. The number of nitrogens with one attached hydrogen (secondary N) is 1. The zero-order valence-electron chi connectivity index (χ0n) is 8.55. The molecule has 1 aromatic rings. The Kier molecular flexibility index (Phi) is 3.23. The molecule has 0 aliphatic carbocycles. The van der Waals surface area contributed by atoms with Crippen molar-refractivity contribution in [2.75, 3.05) is 0 Å². The Balaban J connectivity index is 1.89. The van der Waals surface area contributed by atoms with E-state index in [0.29, 0.717) is 5.57 Å². The molecule has 1 aliphatic rings. The molecule has 2 rings (SSSR count). The largest absolute Gasteiger partial charge is 0.457 e. The Morgan fingerprint density at radius 1 is 1.31 bits per heavy atom. The number of esters is 1. The fourth-order valence-electron chi connectivity index (χ4n) is 1.23. The van der Waals surface area contributed by atoms with E-state index in [1.807, 2.05) is 30.3 Å². The summed E-state index contributed by atoms with van der Waals surface area (Å²) in [7, 11) is 0. The Morgan fingerprint density at radius 3 is 2.81 bits per heavy atom. The molecule has 16 heavy (non-hydrogen) atoms. The third-order valence-electron chi connectivity index (χ3n) is 2.05. The van der Waals surface area contributed by atoms with Gasteiger partial charge < -0.3 is 9.57 Å². The van der Waals surface area contributed by atoms with Gasteiger partial charge in [0, 0.05) is 0 Å². The van der Waals surface area contributed by atoms with E-state index < -0.39 is 0 Å². The molecule has 0 saturated carbocycles. The second-order valence-electron chi connectivity index (χ2n) is 3.20. The molecule has 1 aliphatic heterocycles. The monoisotopic (exact) mass is 217 g/mol. The fourth-order valence-corrected chi connectivity index (χ4v) is 1.23. The minimum Gasteiger partial charge on any atom is -0.457 e. The molecule has 1 heterocycles. The zero-order valence-corrected chi connectivity index (χ0v) is 8.55. The maximum Gasteiger partial charge on any atom is 0.340 e. The molecule has 0 fully saturated rings. The van der Waals surface area contributed by atoms with Gasteiger partial charge in [0.15, 0.2) is 0 Å². The number of rotatable bonds is 3. The Morgan fingerprint density at radius 2 is 2.12 bits per heavy atom. The molecule has 0 bridgehead atoms. The predicted octanol–water partition coefficient (Wildman–Crippen LogP) is 1.66. The number of carbonyl (C=O) groups is 1. The van der Waals surface area contributed by atoms with E-state index in [-0.39, 0.29) is 12.6 Å². The van der Waals surface area contributed by atoms with Crippen molar-refractivity contribution < 1.29 is 14.4 Å². The van der Waals surface area contributed by atoms with Gasteiger partial charge in [-0.15, -0.1) is 0 Å².